The fourth-order valence-corrected chi connectivity index (χ4v) is 6.04. The van der Waals surface area contributed by atoms with Crippen LogP contribution in [0.2, 0.25) is 0 Å². The number of nitrogens with zero attached hydrogens (tertiary/aromatic N) is 2. The first-order valence-electron chi connectivity index (χ1n) is 7.62. The third kappa shape index (κ3) is 3.79. The Morgan fingerprint density at radius 3 is 0.700 bits per heavy atom. The van der Waals surface area contributed by atoms with Crippen LogP contribution in [-0.2, 0) is 0 Å². The van der Waals surface area contributed by atoms with Crippen molar-refractivity contribution < 1.29 is 4.48 Å². The lowest BCUT2D eigenvalue weighted by Crippen LogP contribution is -2.82. The fraction of sp³-hybridized carbons (Fsp3) is 0.941. The van der Waals surface area contributed by atoms with Crippen LogP contribution in [0, 0.1) is 11.2 Å². The van der Waals surface area contributed by atoms with Crippen LogP contribution in [0.3, 0.4) is 0 Å². The summed E-state index contributed by atoms with van der Waals surface area (Å²) in [6.07, 6.45) is 0. The standard InChI is InChI=1S/C16H36N.CH2BN/c1-13(2,3)17(14(4,5)6,15(7,8)9)16(10,11)12;2-1-3/h1-12H3;2H2/q+1;. The molecule has 0 bridgehead atoms. The van der Waals surface area contributed by atoms with Gasteiger partial charge in [-0.2, -0.15) is 0 Å². The quantitative estimate of drug-likeness (QED) is 0.484. The van der Waals surface area contributed by atoms with E-state index in [-0.39, 0.29) is 22.2 Å². The molecule has 0 radical (unpaired) electrons. The maximum atomic E-state index is 7.32. The molecule has 0 aromatic rings. The minimum absolute atomic E-state index is 0.203. The summed E-state index contributed by atoms with van der Waals surface area (Å²) in [6.45, 7) is 28.6. The molecule has 0 saturated heterocycles. The summed E-state index contributed by atoms with van der Waals surface area (Å²) in [7, 11) is 1.43. The van der Waals surface area contributed by atoms with Crippen molar-refractivity contribution >= 4 is 7.85 Å². The van der Waals surface area contributed by atoms with E-state index in [4.69, 9.17) is 5.26 Å². The molecule has 0 aliphatic carbocycles. The molecule has 0 atom stereocenters. The molecule has 118 valence electrons. The monoisotopic (exact) mass is 281 g/mol. The van der Waals surface area contributed by atoms with Gasteiger partial charge in [0.05, 0.1) is 22.2 Å². The Labute approximate surface area is 129 Å². The highest BCUT2D eigenvalue weighted by molar-refractivity contribution is 6.20. The summed E-state index contributed by atoms with van der Waals surface area (Å²) >= 11 is 0. The van der Waals surface area contributed by atoms with E-state index < -0.39 is 0 Å². The molecule has 0 N–H and O–H groups in total. The lowest BCUT2D eigenvalue weighted by molar-refractivity contribution is -1.08. The molecule has 0 fully saturated rings. The molecule has 3 heteroatoms. The zero-order valence-electron chi connectivity index (χ0n) is 16.4. The topological polar surface area (TPSA) is 23.8 Å². The van der Waals surface area contributed by atoms with E-state index in [1.165, 1.54) is 7.85 Å². The van der Waals surface area contributed by atoms with Gasteiger partial charge in [-0.3, -0.25) is 0 Å². The second kappa shape index (κ2) is 6.10. The molecule has 0 spiro atoms. The SMILES string of the molecule is BC#N.CC(C)(C)[N+](C(C)(C)C)(C(C)(C)C)C(C)(C)C. The normalized spacial score (nSPS) is 14.2. The van der Waals surface area contributed by atoms with Crippen molar-refractivity contribution in [1.82, 2.24) is 0 Å². The first-order chi connectivity index (χ1) is 8.41. The van der Waals surface area contributed by atoms with E-state index in [0.717, 1.165) is 4.48 Å². The van der Waals surface area contributed by atoms with Gasteiger partial charge in [0.25, 0.3) is 0 Å². The predicted octanol–water partition coefficient (Wildman–Crippen LogP) is 4.10. The summed E-state index contributed by atoms with van der Waals surface area (Å²) < 4.78 is 1.08. The van der Waals surface area contributed by atoms with Gasteiger partial charge in [-0.25, -0.2) is 5.26 Å². The van der Waals surface area contributed by atoms with Crippen molar-refractivity contribution in [2.45, 2.75) is 105 Å². The Kier molecular flexibility index (Phi) is 6.65. The molecule has 0 unspecified atom stereocenters. The maximum Gasteiger partial charge on any atom is 0.232 e. The van der Waals surface area contributed by atoms with Gasteiger partial charge in [-0.15, -0.1) is 0 Å². The highest BCUT2D eigenvalue weighted by atomic mass is 15.5. The Balaban J connectivity index is 0. The second-order valence-electron chi connectivity index (χ2n) is 9.58. The van der Waals surface area contributed by atoms with Crippen LogP contribution >= 0.6 is 0 Å². The van der Waals surface area contributed by atoms with Gasteiger partial charge in [0.2, 0.25) is 7.85 Å². The van der Waals surface area contributed by atoms with Gasteiger partial charge in [0, 0.05) is 0 Å². The number of rotatable bonds is 0. The molecule has 0 aromatic carbocycles. The highest BCUT2D eigenvalue weighted by Crippen LogP contribution is 2.50. The van der Waals surface area contributed by atoms with Gasteiger partial charge in [-0.05, 0) is 89.1 Å². The molecule has 0 aromatic heterocycles. The van der Waals surface area contributed by atoms with Crippen LogP contribution in [0.5, 0.6) is 0 Å². The summed E-state index contributed by atoms with van der Waals surface area (Å²) in [5.41, 5.74) is 0.812. The lowest BCUT2D eigenvalue weighted by atomic mass is 9.75. The van der Waals surface area contributed by atoms with Crippen LogP contribution in [0.1, 0.15) is 83.1 Å². The largest absolute Gasteiger partial charge is 0.307 e. The number of quaternary nitrogens is 1. The van der Waals surface area contributed by atoms with Crippen LogP contribution in [0.4, 0.5) is 0 Å². The summed E-state index contributed by atoms with van der Waals surface area (Å²) in [6, 6.07) is 0. The first kappa shape index (κ1) is 21.8. The average Bonchev–Trinajstić information content (AvgIpc) is 1.90. The fourth-order valence-electron chi connectivity index (χ4n) is 6.04. The Bertz CT molecular complexity index is 276. The van der Waals surface area contributed by atoms with E-state index >= 15 is 0 Å². The van der Waals surface area contributed by atoms with Crippen LogP contribution in [-0.4, -0.2) is 34.5 Å². The van der Waals surface area contributed by atoms with Crippen molar-refractivity contribution in [2.75, 3.05) is 0 Å². The molecule has 0 aliphatic rings. The summed E-state index contributed by atoms with van der Waals surface area (Å²) in [4.78, 5) is 0. The van der Waals surface area contributed by atoms with Crippen molar-refractivity contribution in [3.05, 3.63) is 0 Å². The highest BCUT2D eigenvalue weighted by Gasteiger charge is 2.62. The summed E-state index contributed by atoms with van der Waals surface area (Å²) in [5.74, 6) is 1.75. The molecule has 2 nitrogen and oxygen atoms in total. The molecule has 0 aliphatic heterocycles. The van der Waals surface area contributed by atoms with E-state index in [1.54, 1.807) is 5.97 Å². The smallest absolute Gasteiger partial charge is 0.232 e. The van der Waals surface area contributed by atoms with Crippen molar-refractivity contribution in [3.63, 3.8) is 0 Å². The van der Waals surface area contributed by atoms with Crippen molar-refractivity contribution in [2.24, 2.45) is 0 Å². The van der Waals surface area contributed by atoms with Gasteiger partial charge in [0.1, 0.15) is 0 Å². The van der Waals surface area contributed by atoms with Crippen molar-refractivity contribution in [3.8, 4) is 5.97 Å². The van der Waals surface area contributed by atoms with E-state index in [1.807, 2.05) is 0 Å². The van der Waals surface area contributed by atoms with E-state index in [0.29, 0.717) is 0 Å². The summed E-state index contributed by atoms with van der Waals surface area (Å²) in [5, 5.41) is 7.32. The molecule has 20 heavy (non-hydrogen) atoms. The molecular formula is C17H38BN2+. The molecule has 0 amide bonds. The molecule has 0 saturated carbocycles. The Morgan fingerprint density at radius 1 is 0.600 bits per heavy atom. The van der Waals surface area contributed by atoms with E-state index in [9.17, 15) is 0 Å². The first-order valence-corrected chi connectivity index (χ1v) is 7.62. The lowest BCUT2D eigenvalue weighted by Gasteiger charge is -2.70. The number of hydrogen-bond acceptors (Lipinski definition) is 1. The Morgan fingerprint density at radius 2 is 0.700 bits per heavy atom. The predicted molar refractivity (Wildman–Crippen MR) is 93.4 cm³/mol. The minimum Gasteiger partial charge on any atom is -0.307 e. The third-order valence-electron chi connectivity index (χ3n) is 4.02. The van der Waals surface area contributed by atoms with Crippen LogP contribution < -0.4 is 0 Å². The minimum atomic E-state index is 0.203. The van der Waals surface area contributed by atoms with E-state index in [2.05, 4.69) is 83.1 Å². The van der Waals surface area contributed by atoms with Crippen LogP contribution in [0.25, 0.3) is 0 Å². The maximum absolute atomic E-state index is 7.32. The third-order valence-corrected chi connectivity index (χ3v) is 4.02. The van der Waals surface area contributed by atoms with Crippen LogP contribution in [0.15, 0.2) is 0 Å². The van der Waals surface area contributed by atoms with Gasteiger partial charge in [0.15, 0.2) is 0 Å². The number of nitriles is 1. The molecule has 0 heterocycles. The zero-order valence-corrected chi connectivity index (χ0v) is 16.4. The average molecular weight is 281 g/mol. The van der Waals surface area contributed by atoms with Gasteiger partial charge >= 0.3 is 0 Å². The number of hydrogen-bond donors (Lipinski definition) is 0. The van der Waals surface area contributed by atoms with Gasteiger partial charge < -0.3 is 4.48 Å². The zero-order chi connectivity index (χ0) is 17.2. The van der Waals surface area contributed by atoms with Crippen molar-refractivity contribution in [1.29, 1.82) is 5.26 Å². The van der Waals surface area contributed by atoms with Gasteiger partial charge in [-0.1, -0.05) is 0 Å². The molecule has 0 rings (SSSR count). The second-order valence-corrected chi connectivity index (χ2v) is 9.58. The molecular weight excluding hydrogens is 243 g/mol. The Hall–Kier alpha value is -0.485.